The summed E-state index contributed by atoms with van der Waals surface area (Å²) < 4.78 is 10.5. The molecule has 1 aliphatic heterocycles. The summed E-state index contributed by atoms with van der Waals surface area (Å²) in [4.78, 5) is 27.2. The van der Waals surface area contributed by atoms with Gasteiger partial charge in [-0.3, -0.25) is 0 Å². The van der Waals surface area contributed by atoms with E-state index >= 15 is 0 Å². The Morgan fingerprint density at radius 3 is 2.56 bits per heavy atom. The van der Waals surface area contributed by atoms with Crippen LogP contribution in [0.15, 0.2) is 24.3 Å². The molecule has 2 heterocycles. The minimum absolute atomic E-state index is 0.169. The van der Waals surface area contributed by atoms with Crippen LogP contribution in [0.4, 0.5) is 16.4 Å². The number of nitrogens with one attached hydrogen (secondary N) is 2. The van der Waals surface area contributed by atoms with E-state index in [1.165, 1.54) is 7.11 Å². The third kappa shape index (κ3) is 5.19. The summed E-state index contributed by atoms with van der Waals surface area (Å²) in [6, 6.07) is 7.07. The number of nitrogens with zero attached hydrogens (tertiary/aromatic N) is 4. The SMILES string of the molecule is CCOc1ccc(NC(=O)NCc2nc(OC)nc(N3CCCC3)n2)cc1. The molecule has 0 bridgehead atoms. The number of carbonyl (C=O) groups is 1. The lowest BCUT2D eigenvalue weighted by Gasteiger charge is -2.16. The van der Waals surface area contributed by atoms with E-state index in [0.29, 0.717) is 24.1 Å². The molecular formula is C18H24N6O3. The van der Waals surface area contributed by atoms with Crippen LogP contribution in [0.1, 0.15) is 25.6 Å². The van der Waals surface area contributed by atoms with Crippen LogP contribution in [0, 0.1) is 0 Å². The largest absolute Gasteiger partial charge is 0.494 e. The molecule has 9 nitrogen and oxygen atoms in total. The number of carbonyl (C=O) groups excluding carboxylic acids is 1. The normalized spacial score (nSPS) is 13.3. The van der Waals surface area contributed by atoms with E-state index in [1.807, 2.05) is 6.92 Å². The predicted molar refractivity (Wildman–Crippen MR) is 101 cm³/mol. The maximum absolute atomic E-state index is 12.1. The number of methoxy groups -OCH3 is 1. The van der Waals surface area contributed by atoms with Crippen molar-refractivity contribution in [2.24, 2.45) is 0 Å². The fourth-order valence-electron chi connectivity index (χ4n) is 2.75. The van der Waals surface area contributed by atoms with Crippen molar-refractivity contribution in [3.05, 3.63) is 30.1 Å². The van der Waals surface area contributed by atoms with Gasteiger partial charge in [-0.15, -0.1) is 0 Å². The van der Waals surface area contributed by atoms with E-state index in [-0.39, 0.29) is 18.6 Å². The zero-order valence-electron chi connectivity index (χ0n) is 15.6. The highest BCUT2D eigenvalue weighted by atomic mass is 16.5. The molecule has 9 heteroatoms. The molecule has 0 unspecified atom stereocenters. The molecular weight excluding hydrogens is 348 g/mol. The summed E-state index contributed by atoms with van der Waals surface area (Å²) >= 11 is 0. The minimum Gasteiger partial charge on any atom is -0.494 e. The first-order chi connectivity index (χ1) is 13.2. The smallest absolute Gasteiger partial charge is 0.321 e. The number of aromatic nitrogens is 3. The van der Waals surface area contributed by atoms with E-state index in [0.717, 1.165) is 31.7 Å². The fraction of sp³-hybridized carbons (Fsp3) is 0.444. The summed E-state index contributed by atoms with van der Waals surface area (Å²) in [6.45, 7) is 4.52. The number of anilines is 2. The van der Waals surface area contributed by atoms with E-state index in [1.54, 1.807) is 24.3 Å². The van der Waals surface area contributed by atoms with Gasteiger partial charge in [-0.2, -0.15) is 15.0 Å². The van der Waals surface area contributed by atoms with Crippen molar-refractivity contribution >= 4 is 17.7 Å². The number of ether oxygens (including phenoxy) is 2. The average Bonchev–Trinajstić information content (AvgIpc) is 3.23. The Hall–Kier alpha value is -3.10. The third-order valence-electron chi connectivity index (χ3n) is 4.05. The molecule has 2 N–H and O–H groups in total. The molecule has 1 aliphatic rings. The molecule has 1 saturated heterocycles. The van der Waals surface area contributed by atoms with E-state index in [9.17, 15) is 4.79 Å². The molecule has 2 amide bonds. The van der Waals surface area contributed by atoms with Crippen LogP contribution in [-0.2, 0) is 6.54 Å². The highest BCUT2D eigenvalue weighted by molar-refractivity contribution is 5.89. The van der Waals surface area contributed by atoms with Crippen molar-refractivity contribution in [3.8, 4) is 11.8 Å². The Morgan fingerprint density at radius 1 is 1.15 bits per heavy atom. The summed E-state index contributed by atoms with van der Waals surface area (Å²) in [5.74, 6) is 1.80. The first kappa shape index (κ1) is 18.7. The molecule has 2 aromatic rings. The maximum Gasteiger partial charge on any atom is 0.321 e. The number of rotatable bonds is 7. The lowest BCUT2D eigenvalue weighted by Crippen LogP contribution is -2.29. The van der Waals surface area contributed by atoms with E-state index in [4.69, 9.17) is 9.47 Å². The van der Waals surface area contributed by atoms with Crippen molar-refractivity contribution in [2.45, 2.75) is 26.3 Å². The summed E-state index contributed by atoms with van der Waals surface area (Å²) in [7, 11) is 1.51. The first-order valence-corrected chi connectivity index (χ1v) is 8.99. The third-order valence-corrected chi connectivity index (χ3v) is 4.05. The van der Waals surface area contributed by atoms with Crippen LogP contribution in [0.2, 0.25) is 0 Å². The molecule has 1 aromatic heterocycles. The second-order valence-electron chi connectivity index (χ2n) is 6.00. The maximum atomic E-state index is 12.1. The molecule has 27 heavy (non-hydrogen) atoms. The van der Waals surface area contributed by atoms with Crippen LogP contribution in [0.3, 0.4) is 0 Å². The highest BCUT2D eigenvalue weighted by Gasteiger charge is 2.18. The molecule has 1 fully saturated rings. The second-order valence-corrected chi connectivity index (χ2v) is 6.00. The zero-order chi connectivity index (χ0) is 19.1. The standard InChI is InChI=1S/C18H24N6O3/c1-3-27-14-8-6-13(7-9-14)20-17(25)19-12-15-21-16(23-18(22-15)26-2)24-10-4-5-11-24/h6-9H,3-5,10-12H2,1-2H3,(H2,19,20,25). The summed E-state index contributed by atoms with van der Waals surface area (Å²) in [5, 5.41) is 5.51. The van der Waals surface area contributed by atoms with E-state index in [2.05, 4.69) is 30.5 Å². The predicted octanol–water partition coefficient (Wildman–Crippen LogP) is 2.20. The van der Waals surface area contributed by atoms with Gasteiger partial charge in [0, 0.05) is 18.8 Å². The first-order valence-electron chi connectivity index (χ1n) is 8.99. The van der Waals surface area contributed by atoms with Crippen molar-refractivity contribution < 1.29 is 14.3 Å². The Bertz CT molecular complexity index is 762. The van der Waals surface area contributed by atoms with Crippen molar-refractivity contribution in [2.75, 3.05) is 37.0 Å². The molecule has 0 spiro atoms. The summed E-state index contributed by atoms with van der Waals surface area (Å²) in [5.41, 5.74) is 0.668. The van der Waals surface area contributed by atoms with Gasteiger partial charge < -0.3 is 25.0 Å². The Kier molecular flexibility index (Phi) is 6.24. The molecule has 0 radical (unpaired) electrons. The fourth-order valence-corrected chi connectivity index (χ4v) is 2.75. The number of hydrogen-bond donors (Lipinski definition) is 2. The average molecular weight is 372 g/mol. The van der Waals surface area contributed by atoms with Gasteiger partial charge in [-0.1, -0.05) is 0 Å². The molecule has 0 aliphatic carbocycles. The Morgan fingerprint density at radius 2 is 1.89 bits per heavy atom. The molecule has 0 atom stereocenters. The van der Waals surface area contributed by atoms with Crippen molar-refractivity contribution in [1.29, 1.82) is 0 Å². The lowest BCUT2D eigenvalue weighted by atomic mass is 10.3. The quantitative estimate of drug-likeness (QED) is 0.768. The lowest BCUT2D eigenvalue weighted by molar-refractivity contribution is 0.251. The van der Waals surface area contributed by atoms with Crippen molar-refractivity contribution in [1.82, 2.24) is 20.3 Å². The van der Waals surface area contributed by atoms with Gasteiger partial charge in [0.2, 0.25) is 5.95 Å². The van der Waals surface area contributed by atoms with Crippen LogP contribution in [0.5, 0.6) is 11.8 Å². The number of urea groups is 1. The van der Waals surface area contributed by atoms with Gasteiger partial charge in [0.15, 0.2) is 5.82 Å². The minimum atomic E-state index is -0.346. The topological polar surface area (TPSA) is 102 Å². The van der Waals surface area contributed by atoms with Gasteiger partial charge in [0.25, 0.3) is 0 Å². The van der Waals surface area contributed by atoms with Crippen LogP contribution < -0.4 is 25.0 Å². The number of hydrogen-bond acceptors (Lipinski definition) is 7. The Balaban J connectivity index is 1.58. The van der Waals surface area contributed by atoms with Gasteiger partial charge in [-0.25, -0.2) is 4.79 Å². The van der Waals surface area contributed by atoms with E-state index < -0.39 is 0 Å². The highest BCUT2D eigenvalue weighted by Crippen LogP contribution is 2.18. The second kappa shape index (κ2) is 9.02. The summed E-state index contributed by atoms with van der Waals surface area (Å²) in [6.07, 6.45) is 2.23. The van der Waals surface area contributed by atoms with Gasteiger partial charge in [-0.05, 0) is 44.0 Å². The number of benzene rings is 1. The number of amides is 2. The molecule has 1 aromatic carbocycles. The monoisotopic (exact) mass is 372 g/mol. The van der Waals surface area contributed by atoms with Gasteiger partial charge >= 0.3 is 12.0 Å². The molecule has 0 saturated carbocycles. The zero-order valence-corrected chi connectivity index (χ0v) is 15.6. The van der Waals surface area contributed by atoms with Crippen LogP contribution >= 0.6 is 0 Å². The van der Waals surface area contributed by atoms with Crippen LogP contribution in [0.25, 0.3) is 0 Å². The Labute approximate surface area is 158 Å². The van der Waals surface area contributed by atoms with Gasteiger partial charge in [0.05, 0.1) is 20.3 Å². The van der Waals surface area contributed by atoms with Crippen LogP contribution in [-0.4, -0.2) is 47.8 Å². The van der Waals surface area contributed by atoms with Crippen molar-refractivity contribution in [3.63, 3.8) is 0 Å². The molecule has 3 rings (SSSR count). The van der Waals surface area contributed by atoms with Gasteiger partial charge in [0.1, 0.15) is 5.75 Å². The molecule has 144 valence electrons.